The van der Waals surface area contributed by atoms with Crippen LogP contribution in [0.3, 0.4) is 0 Å². The van der Waals surface area contributed by atoms with E-state index in [2.05, 4.69) is 37.4 Å². The molecule has 2 heteroatoms. The van der Waals surface area contributed by atoms with Crippen molar-refractivity contribution in [1.29, 1.82) is 0 Å². The molecule has 0 aliphatic rings. The lowest BCUT2D eigenvalue weighted by atomic mass is 10.0. The molecule has 0 heterocycles. The first-order valence-corrected chi connectivity index (χ1v) is 8.79. The summed E-state index contributed by atoms with van der Waals surface area (Å²) in [7, 11) is 0. The van der Waals surface area contributed by atoms with Crippen LogP contribution in [0.2, 0.25) is 0 Å². The van der Waals surface area contributed by atoms with Crippen molar-refractivity contribution in [2.24, 2.45) is 0 Å². The van der Waals surface area contributed by atoms with Crippen LogP contribution in [-0.4, -0.2) is 12.6 Å². The molecule has 1 N–H and O–H groups in total. The molecule has 0 saturated heterocycles. The average molecular weight is 291 g/mol. The monoisotopic (exact) mass is 291 g/mol. The Labute approximate surface area is 131 Å². The van der Waals surface area contributed by atoms with Gasteiger partial charge in [0.25, 0.3) is 0 Å². The van der Waals surface area contributed by atoms with Crippen LogP contribution >= 0.6 is 0 Å². The van der Waals surface area contributed by atoms with Crippen LogP contribution in [0.4, 0.5) is 5.69 Å². The fraction of sp³-hybridized carbons (Fsp3) is 0.684. The fourth-order valence-corrected chi connectivity index (χ4v) is 2.65. The van der Waals surface area contributed by atoms with E-state index in [1.807, 2.05) is 13.0 Å². The molecule has 21 heavy (non-hydrogen) atoms. The zero-order chi connectivity index (χ0) is 15.3. The summed E-state index contributed by atoms with van der Waals surface area (Å²) < 4.78 is 5.59. The molecule has 1 aromatic carbocycles. The standard InChI is InChI=1S/C19H33NO/c1-4-7-9-12-17(13-10-8-5-2)20-18-14-11-15-19(16-18)21-6-3/h11,14-17,20H,4-10,12-13H2,1-3H3. The van der Waals surface area contributed by atoms with E-state index in [0.717, 1.165) is 12.4 Å². The molecule has 1 rings (SSSR count). The molecular formula is C19H33NO. The molecular weight excluding hydrogens is 258 g/mol. The third-order valence-electron chi connectivity index (χ3n) is 3.83. The van der Waals surface area contributed by atoms with Crippen LogP contribution in [0.15, 0.2) is 24.3 Å². The van der Waals surface area contributed by atoms with Crippen LogP contribution in [-0.2, 0) is 0 Å². The van der Waals surface area contributed by atoms with E-state index in [0.29, 0.717) is 6.04 Å². The minimum absolute atomic E-state index is 0.597. The van der Waals surface area contributed by atoms with Gasteiger partial charge in [0, 0.05) is 17.8 Å². The Morgan fingerprint density at radius 1 is 0.952 bits per heavy atom. The highest BCUT2D eigenvalue weighted by atomic mass is 16.5. The Bertz CT molecular complexity index is 354. The number of hydrogen-bond acceptors (Lipinski definition) is 2. The van der Waals surface area contributed by atoms with E-state index in [1.165, 1.54) is 57.1 Å². The summed E-state index contributed by atoms with van der Waals surface area (Å²) in [5.74, 6) is 0.961. The second kappa shape index (κ2) is 11.5. The highest BCUT2D eigenvalue weighted by Gasteiger charge is 2.08. The van der Waals surface area contributed by atoms with Crippen molar-refractivity contribution in [3.63, 3.8) is 0 Å². The average Bonchev–Trinajstić information content (AvgIpc) is 2.48. The predicted octanol–water partition coefficient (Wildman–Crippen LogP) is 6.03. The minimum Gasteiger partial charge on any atom is -0.494 e. The normalized spacial score (nSPS) is 10.9. The highest BCUT2D eigenvalue weighted by molar-refractivity contribution is 5.48. The number of nitrogens with one attached hydrogen (secondary N) is 1. The molecule has 1 aromatic rings. The third-order valence-corrected chi connectivity index (χ3v) is 3.83. The van der Waals surface area contributed by atoms with Crippen LogP contribution in [0, 0.1) is 0 Å². The van der Waals surface area contributed by atoms with Crippen LogP contribution in [0.25, 0.3) is 0 Å². The Morgan fingerprint density at radius 3 is 2.19 bits per heavy atom. The van der Waals surface area contributed by atoms with Crippen molar-refractivity contribution in [2.45, 2.75) is 78.2 Å². The predicted molar refractivity (Wildman–Crippen MR) is 93.3 cm³/mol. The molecule has 0 amide bonds. The first kappa shape index (κ1) is 17.9. The summed E-state index contributed by atoms with van der Waals surface area (Å²) in [6, 6.07) is 8.96. The van der Waals surface area contributed by atoms with Crippen LogP contribution < -0.4 is 10.1 Å². The van der Waals surface area contributed by atoms with Gasteiger partial charge in [-0.15, -0.1) is 0 Å². The largest absolute Gasteiger partial charge is 0.494 e. The lowest BCUT2D eigenvalue weighted by Gasteiger charge is -2.20. The molecule has 0 aliphatic carbocycles. The summed E-state index contributed by atoms with van der Waals surface area (Å²) in [4.78, 5) is 0. The van der Waals surface area contributed by atoms with E-state index in [4.69, 9.17) is 4.74 Å². The zero-order valence-corrected chi connectivity index (χ0v) is 14.2. The van der Waals surface area contributed by atoms with Crippen molar-refractivity contribution in [2.75, 3.05) is 11.9 Å². The number of anilines is 1. The maximum absolute atomic E-state index is 5.59. The molecule has 0 aromatic heterocycles. The van der Waals surface area contributed by atoms with Gasteiger partial charge in [-0.05, 0) is 31.9 Å². The van der Waals surface area contributed by atoms with Crippen molar-refractivity contribution in [1.82, 2.24) is 0 Å². The van der Waals surface area contributed by atoms with Gasteiger partial charge in [0.15, 0.2) is 0 Å². The van der Waals surface area contributed by atoms with Gasteiger partial charge in [0.2, 0.25) is 0 Å². The zero-order valence-electron chi connectivity index (χ0n) is 14.2. The fourth-order valence-electron chi connectivity index (χ4n) is 2.65. The molecule has 0 bridgehead atoms. The molecule has 0 unspecified atom stereocenters. The summed E-state index contributed by atoms with van der Waals surface area (Å²) >= 11 is 0. The molecule has 0 fully saturated rings. The lowest BCUT2D eigenvalue weighted by molar-refractivity contribution is 0.340. The SMILES string of the molecule is CCCCCC(CCCCC)Nc1cccc(OCC)c1. The Balaban J connectivity index is 2.54. The van der Waals surface area contributed by atoms with Gasteiger partial charge >= 0.3 is 0 Å². The topological polar surface area (TPSA) is 21.3 Å². The number of rotatable bonds is 12. The molecule has 120 valence electrons. The van der Waals surface area contributed by atoms with Gasteiger partial charge in [-0.3, -0.25) is 0 Å². The van der Waals surface area contributed by atoms with Crippen LogP contribution in [0.1, 0.15) is 72.1 Å². The van der Waals surface area contributed by atoms with E-state index in [9.17, 15) is 0 Å². The summed E-state index contributed by atoms with van der Waals surface area (Å²) in [6.07, 6.45) is 10.5. The minimum atomic E-state index is 0.597. The number of hydrogen-bond donors (Lipinski definition) is 1. The summed E-state index contributed by atoms with van der Waals surface area (Å²) in [5, 5.41) is 3.72. The number of benzene rings is 1. The highest BCUT2D eigenvalue weighted by Crippen LogP contribution is 2.21. The van der Waals surface area contributed by atoms with Gasteiger partial charge in [-0.25, -0.2) is 0 Å². The van der Waals surface area contributed by atoms with E-state index in [1.54, 1.807) is 0 Å². The van der Waals surface area contributed by atoms with Gasteiger partial charge < -0.3 is 10.1 Å². The Morgan fingerprint density at radius 2 is 1.62 bits per heavy atom. The lowest BCUT2D eigenvalue weighted by Crippen LogP contribution is -2.19. The molecule has 2 nitrogen and oxygen atoms in total. The summed E-state index contributed by atoms with van der Waals surface area (Å²) in [6.45, 7) is 7.29. The number of unbranched alkanes of at least 4 members (excludes halogenated alkanes) is 4. The van der Waals surface area contributed by atoms with Crippen LogP contribution in [0.5, 0.6) is 5.75 Å². The molecule has 0 atom stereocenters. The maximum atomic E-state index is 5.59. The van der Waals surface area contributed by atoms with Crippen molar-refractivity contribution < 1.29 is 4.74 Å². The maximum Gasteiger partial charge on any atom is 0.121 e. The van der Waals surface area contributed by atoms with Crippen molar-refractivity contribution in [3.8, 4) is 5.75 Å². The van der Waals surface area contributed by atoms with Crippen molar-refractivity contribution >= 4 is 5.69 Å². The van der Waals surface area contributed by atoms with E-state index < -0.39 is 0 Å². The van der Waals surface area contributed by atoms with Gasteiger partial charge in [0.1, 0.15) is 5.75 Å². The van der Waals surface area contributed by atoms with Gasteiger partial charge in [0.05, 0.1) is 6.61 Å². The molecule has 0 aliphatic heterocycles. The van der Waals surface area contributed by atoms with Gasteiger partial charge in [-0.2, -0.15) is 0 Å². The van der Waals surface area contributed by atoms with Crippen molar-refractivity contribution in [3.05, 3.63) is 24.3 Å². The number of ether oxygens (including phenoxy) is 1. The second-order valence-corrected chi connectivity index (χ2v) is 5.79. The Kier molecular flexibility index (Phi) is 9.77. The Hall–Kier alpha value is -1.18. The quantitative estimate of drug-likeness (QED) is 0.475. The first-order valence-electron chi connectivity index (χ1n) is 8.79. The van der Waals surface area contributed by atoms with Gasteiger partial charge in [-0.1, -0.05) is 58.4 Å². The second-order valence-electron chi connectivity index (χ2n) is 5.79. The first-order chi connectivity index (χ1) is 10.3. The van der Waals surface area contributed by atoms with E-state index >= 15 is 0 Å². The smallest absolute Gasteiger partial charge is 0.121 e. The molecule has 0 radical (unpaired) electrons. The molecule has 0 spiro atoms. The summed E-state index contributed by atoms with van der Waals surface area (Å²) in [5.41, 5.74) is 1.19. The third kappa shape index (κ3) is 7.99. The molecule has 0 saturated carbocycles. The van der Waals surface area contributed by atoms with E-state index in [-0.39, 0.29) is 0 Å².